The first kappa shape index (κ1) is 24.4. The minimum absolute atomic E-state index is 0.0788. The highest BCUT2D eigenvalue weighted by Gasteiger charge is 2.00. The number of nitrogens with two attached hydrogens (primary N) is 1. The van der Waals surface area contributed by atoms with E-state index in [0.29, 0.717) is 11.6 Å². The van der Waals surface area contributed by atoms with Gasteiger partial charge in [0, 0.05) is 10.0 Å². The van der Waals surface area contributed by atoms with Crippen LogP contribution < -0.4 is 5.90 Å². The third-order valence-electron chi connectivity index (χ3n) is 3.23. The maximum absolute atomic E-state index is 10.4. The average Bonchev–Trinajstić information content (AvgIpc) is 2.71. The van der Waals surface area contributed by atoms with E-state index in [1.807, 2.05) is 54.6 Å². The van der Waals surface area contributed by atoms with Crippen LogP contribution >= 0.6 is 23.2 Å². The standard InChI is InChI=1S/C12H12ClNO3.C9H10ClNO/c1-9(12(15)16)14-17-8-2-3-10-4-6-11(13)7-5-10;10-9-5-3-8(4-6-9)2-1-7-12-11/h2-7H,8H2,1H3,(H,15,16);1-6H,7,11H2. The van der Waals surface area contributed by atoms with Crippen molar-refractivity contribution < 1.29 is 19.6 Å². The summed E-state index contributed by atoms with van der Waals surface area (Å²) >= 11 is 11.4. The Morgan fingerprint density at radius 1 is 0.966 bits per heavy atom. The Hall–Kier alpha value is -2.64. The minimum atomic E-state index is -1.09. The third-order valence-corrected chi connectivity index (χ3v) is 3.74. The van der Waals surface area contributed by atoms with Crippen LogP contribution in [0.3, 0.4) is 0 Å². The van der Waals surface area contributed by atoms with Gasteiger partial charge in [0.1, 0.15) is 6.61 Å². The van der Waals surface area contributed by atoms with Crippen molar-refractivity contribution in [2.45, 2.75) is 6.92 Å². The summed E-state index contributed by atoms with van der Waals surface area (Å²) in [5.74, 6) is 3.75. The summed E-state index contributed by atoms with van der Waals surface area (Å²) in [4.78, 5) is 19.5. The first-order valence-corrected chi connectivity index (χ1v) is 9.23. The molecule has 0 radical (unpaired) electrons. The normalized spacial score (nSPS) is 11.4. The van der Waals surface area contributed by atoms with Gasteiger partial charge in [0.15, 0.2) is 5.71 Å². The Morgan fingerprint density at radius 2 is 1.41 bits per heavy atom. The van der Waals surface area contributed by atoms with E-state index < -0.39 is 5.97 Å². The molecule has 6 nitrogen and oxygen atoms in total. The number of carboxylic acid groups (broad SMARTS) is 1. The Balaban J connectivity index is 0.000000308. The van der Waals surface area contributed by atoms with Crippen LogP contribution in [0.1, 0.15) is 18.1 Å². The van der Waals surface area contributed by atoms with E-state index in [4.69, 9.17) is 39.0 Å². The predicted molar refractivity (Wildman–Crippen MR) is 118 cm³/mol. The Labute approximate surface area is 179 Å². The number of hydrogen-bond donors (Lipinski definition) is 2. The van der Waals surface area contributed by atoms with E-state index in [9.17, 15) is 4.79 Å². The molecule has 0 unspecified atom stereocenters. The number of aliphatic carboxylic acids is 1. The highest BCUT2D eigenvalue weighted by molar-refractivity contribution is 6.34. The quantitative estimate of drug-likeness (QED) is 0.342. The molecule has 0 heterocycles. The molecule has 2 aromatic rings. The molecule has 0 spiro atoms. The van der Waals surface area contributed by atoms with Crippen LogP contribution in [-0.2, 0) is 14.5 Å². The molecule has 2 rings (SSSR count). The smallest absolute Gasteiger partial charge is 0.353 e. The van der Waals surface area contributed by atoms with Crippen molar-refractivity contribution in [3.05, 3.63) is 81.9 Å². The van der Waals surface area contributed by atoms with Gasteiger partial charge in [-0.3, -0.25) is 0 Å². The van der Waals surface area contributed by atoms with Gasteiger partial charge in [-0.05, 0) is 48.4 Å². The fourth-order valence-electron chi connectivity index (χ4n) is 1.79. The Morgan fingerprint density at radius 3 is 1.83 bits per heavy atom. The van der Waals surface area contributed by atoms with Crippen molar-refractivity contribution in [2.75, 3.05) is 13.2 Å². The summed E-state index contributed by atoms with van der Waals surface area (Å²) in [5.41, 5.74) is 1.98. The first-order chi connectivity index (χ1) is 13.9. The highest BCUT2D eigenvalue weighted by atomic mass is 35.5. The van der Waals surface area contributed by atoms with E-state index in [1.54, 1.807) is 18.2 Å². The molecule has 0 aromatic heterocycles. The van der Waals surface area contributed by atoms with Gasteiger partial charge in [-0.25, -0.2) is 10.7 Å². The van der Waals surface area contributed by atoms with Gasteiger partial charge in [0.2, 0.25) is 0 Å². The van der Waals surface area contributed by atoms with Gasteiger partial charge in [-0.2, -0.15) is 0 Å². The van der Waals surface area contributed by atoms with Crippen molar-refractivity contribution in [1.29, 1.82) is 0 Å². The summed E-state index contributed by atoms with van der Waals surface area (Å²) in [6.07, 6.45) is 7.33. The van der Waals surface area contributed by atoms with Crippen molar-refractivity contribution in [3.63, 3.8) is 0 Å². The van der Waals surface area contributed by atoms with Crippen LogP contribution in [0.5, 0.6) is 0 Å². The lowest BCUT2D eigenvalue weighted by atomic mass is 10.2. The molecule has 0 aliphatic heterocycles. The zero-order chi connectivity index (χ0) is 21.5. The minimum Gasteiger partial charge on any atom is -0.477 e. The lowest BCUT2D eigenvalue weighted by Gasteiger charge is -1.95. The molecule has 0 saturated heterocycles. The van der Waals surface area contributed by atoms with Crippen LogP contribution in [0.25, 0.3) is 12.2 Å². The lowest BCUT2D eigenvalue weighted by Crippen LogP contribution is -2.08. The summed E-state index contributed by atoms with van der Waals surface area (Å²) in [7, 11) is 0. The SMILES string of the molecule is CC(=NOCC=Cc1ccc(Cl)cc1)C(=O)O.NOCC=Cc1ccc(Cl)cc1. The number of carboxylic acids is 1. The monoisotopic (exact) mass is 436 g/mol. The number of hydrogen-bond acceptors (Lipinski definition) is 5. The second kappa shape index (κ2) is 14.4. The summed E-state index contributed by atoms with van der Waals surface area (Å²) in [5, 5.41) is 13.3. The molecule has 154 valence electrons. The fraction of sp³-hybridized carbons (Fsp3) is 0.143. The fourth-order valence-corrected chi connectivity index (χ4v) is 2.04. The van der Waals surface area contributed by atoms with Crippen molar-refractivity contribution in [1.82, 2.24) is 0 Å². The third kappa shape index (κ3) is 11.7. The molecular weight excluding hydrogens is 415 g/mol. The van der Waals surface area contributed by atoms with Gasteiger partial charge in [-0.1, -0.05) is 70.9 Å². The van der Waals surface area contributed by atoms with Crippen molar-refractivity contribution >= 4 is 47.0 Å². The van der Waals surface area contributed by atoms with Crippen LogP contribution in [0, 0.1) is 0 Å². The topological polar surface area (TPSA) is 94.1 Å². The van der Waals surface area contributed by atoms with Crippen LogP contribution in [-0.4, -0.2) is 30.0 Å². The number of benzene rings is 2. The number of halogens is 2. The second-order valence-corrected chi connectivity index (χ2v) is 6.39. The molecule has 0 aliphatic carbocycles. The number of rotatable bonds is 8. The average molecular weight is 437 g/mol. The highest BCUT2D eigenvalue weighted by Crippen LogP contribution is 2.11. The zero-order valence-corrected chi connectivity index (χ0v) is 17.3. The van der Waals surface area contributed by atoms with E-state index >= 15 is 0 Å². The molecule has 0 atom stereocenters. The van der Waals surface area contributed by atoms with Gasteiger partial charge >= 0.3 is 5.97 Å². The second-order valence-electron chi connectivity index (χ2n) is 5.52. The molecule has 8 heteroatoms. The maximum atomic E-state index is 10.4. The van der Waals surface area contributed by atoms with Gasteiger partial charge in [0.05, 0.1) is 6.61 Å². The molecule has 0 bridgehead atoms. The van der Waals surface area contributed by atoms with E-state index in [1.165, 1.54) is 6.92 Å². The van der Waals surface area contributed by atoms with E-state index in [-0.39, 0.29) is 12.3 Å². The van der Waals surface area contributed by atoms with Crippen molar-refractivity contribution in [2.24, 2.45) is 11.1 Å². The molecule has 0 saturated carbocycles. The van der Waals surface area contributed by atoms with Gasteiger partial charge in [-0.15, -0.1) is 0 Å². The number of carbonyl (C=O) groups is 1. The molecule has 0 aliphatic rings. The molecule has 0 fully saturated rings. The van der Waals surface area contributed by atoms with Crippen LogP contribution in [0.4, 0.5) is 0 Å². The number of nitrogens with zero attached hydrogens (tertiary/aromatic N) is 1. The summed E-state index contributed by atoms with van der Waals surface area (Å²) in [6, 6.07) is 14.8. The molecule has 2 aromatic carbocycles. The predicted octanol–water partition coefficient (Wildman–Crippen LogP) is 5.07. The Kier molecular flexibility index (Phi) is 12.1. The van der Waals surface area contributed by atoms with Gasteiger partial charge in [0.25, 0.3) is 0 Å². The molecular formula is C21H22Cl2N2O4. The van der Waals surface area contributed by atoms with E-state index in [0.717, 1.165) is 16.1 Å². The van der Waals surface area contributed by atoms with Crippen molar-refractivity contribution in [3.8, 4) is 0 Å². The molecule has 0 amide bonds. The lowest BCUT2D eigenvalue weighted by molar-refractivity contribution is -0.129. The summed E-state index contributed by atoms with van der Waals surface area (Å²) < 4.78 is 0. The largest absolute Gasteiger partial charge is 0.477 e. The number of oxime groups is 1. The van der Waals surface area contributed by atoms with Gasteiger partial charge < -0.3 is 14.8 Å². The molecule has 3 N–H and O–H groups in total. The molecule has 29 heavy (non-hydrogen) atoms. The van der Waals surface area contributed by atoms with Crippen LogP contribution in [0.2, 0.25) is 10.0 Å². The van der Waals surface area contributed by atoms with Crippen LogP contribution in [0.15, 0.2) is 65.8 Å². The van der Waals surface area contributed by atoms with E-state index in [2.05, 4.69) is 9.99 Å². The summed E-state index contributed by atoms with van der Waals surface area (Å²) in [6.45, 7) is 2.00. The zero-order valence-electron chi connectivity index (χ0n) is 15.8. The first-order valence-electron chi connectivity index (χ1n) is 8.48. The maximum Gasteiger partial charge on any atom is 0.353 e. The Bertz CT molecular complexity index is 833.